The smallest absolute Gasteiger partial charge is 0.253 e. The van der Waals surface area contributed by atoms with Gasteiger partial charge in [0.05, 0.1) is 5.41 Å². The van der Waals surface area contributed by atoms with Gasteiger partial charge >= 0.3 is 0 Å². The van der Waals surface area contributed by atoms with Crippen molar-refractivity contribution in [3.8, 4) is 0 Å². The van der Waals surface area contributed by atoms with Gasteiger partial charge in [-0.2, -0.15) is 0 Å². The number of hydrogen-bond acceptors (Lipinski definition) is 2. The maximum absolute atomic E-state index is 13.3. The van der Waals surface area contributed by atoms with Gasteiger partial charge in [0.15, 0.2) is 0 Å². The van der Waals surface area contributed by atoms with E-state index in [4.69, 9.17) is 0 Å². The van der Waals surface area contributed by atoms with E-state index in [9.17, 15) is 9.59 Å². The summed E-state index contributed by atoms with van der Waals surface area (Å²) in [6.45, 7) is 9.03. The monoisotopic (exact) mass is 390 g/mol. The molecule has 4 rings (SSSR count). The van der Waals surface area contributed by atoms with Crippen LogP contribution in [-0.4, -0.2) is 47.8 Å². The van der Waals surface area contributed by atoms with E-state index in [0.29, 0.717) is 31.7 Å². The lowest BCUT2D eigenvalue weighted by molar-refractivity contribution is -0.135. The van der Waals surface area contributed by atoms with Gasteiger partial charge in [0.1, 0.15) is 0 Å². The zero-order chi connectivity index (χ0) is 20.6. The van der Waals surface area contributed by atoms with Gasteiger partial charge in [-0.05, 0) is 41.5 Å². The van der Waals surface area contributed by atoms with Crippen LogP contribution >= 0.6 is 0 Å². The predicted molar refractivity (Wildman–Crippen MR) is 115 cm³/mol. The van der Waals surface area contributed by atoms with E-state index in [0.717, 1.165) is 18.4 Å². The summed E-state index contributed by atoms with van der Waals surface area (Å²) in [5.41, 5.74) is 2.91. The molecule has 1 saturated carbocycles. The van der Waals surface area contributed by atoms with Gasteiger partial charge in [0, 0.05) is 31.7 Å². The largest absolute Gasteiger partial charge is 0.338 e. The van der Waals surface area contributed by atoms with Gasteiger partial charge in [-0.3, -0.25) is 9.59 Å². The third-order valence-corrected chi connectivity index (χ3v) is 6.34. The van der Waals surface area contributed by atoms with Crippen LogP contribution in [-0.2, 0) is 15.6 Å². The summed E-state index contributed by atoms with van der Waals surface area (Å²) in [6.07, 6.45) is 1.84. The molecular weight excluding hydrogens is 360 g/mol. The number of piperazine rings is 1. The standard InChI is InChI=1S/C25H30N2O2/c1-24(2,3)20-9-11-21(12-10-20)25(13-14-25)23(29)27-17-15-26(16-18-27)22(28)19-7-5-4-6-8-19/h4-12H,13-18H2,1-3H3. The summed E-state index contributed by atoms with van der Waals surface area (Å²) < 4.78 is 0. The molecule has 2 aliphatic rings. The number of amides is 2. The fraction of sp³-hybridized carbons (Fsp3) is 0.440. The zero-order valence-corrected chi connectivity index (χ0v) is 17.6. The van der Waals surface area contributed by atoms with Crippen LogP contribution < -0.4 is 0 Å². The Hall–Kier alpha value is -2.62. The summed E-state index contributed by atoms with van der Waals surface area (Å²) in [5.74, 6) is 0.282. The number of nitrogens with zero attached hydrogens (tertiary/aromatic N) is 2. The van der Waals surface area contributed by atoms with Crippen LogP contribution in [0.3, 0.4) is 0 Å². The molecule has 1 heterocycles. The van der Waals surface area contributed by atoms with Gasteiger partial charge in [-0.1, -0.05) is 63.2 Å². The first kappa shape index (κ1) is 19.7. The zero-order valence-electron chi connectivity index (χ0n) is 17.6. The molecule has 29 heavy (non-hydrogen) atoms. The minimum absolute atomic E-state index is 0.0524. The minimum atomic E-state index is -0.345. The molecule has 1 saturated heterocycles. The topological polar surface area (TPSA) is 40.6 Å². The van der Waals surface area contributed by atoms with Gasteiger partial charge < -0.3 is 9.80 Å². The number of benzene rings is 2. The molecule has 2 aromatic carbocycles. The summed E-state index contributed by atoms with van der Waals surface area (Å²) in [4.78, 5) is 29.8. The fourth-order valence-electron chi connectivity index (χ4n) is 4.22. The molecule has 152 valence electrons. The Morgan fingerprint density at radius 3 is 1.86 bits per heavy atom. The first-order valence-corrected chi connectivity index (χ1v) is 10.6. The highest BCUT2D eigenvalue weighted by Gasteiger charge is 2.53. The first-order valence-electron chi connectivity index (χ1n) is 10.6. The molecule has 0 unspecified atom stereocenters. The second-order valence-electron chi connectivity index (χ2n) is 9.36. The SMILES string of the molecule is CC(C)(C)c1ccc(C2(C(=O)N3CCN(C(=O)c4ccccc4)CC3)CC2)cc1. The maximum atomic E-state index is 13.3. The van der Waals surface area contributed by atoms with Crippen molar-refractivity contribution in [1.29, 1.82) is 0 Å². The van der Waals surface area contributed by atoms with Crippen molar-refractivity contribution >= 4 is 11.8 Å². The Morgan fingerprint density at radius 1 is 0.793 bits per heavy atom. The number of carbonyl (C=O) groups excluding carboxylic acids is 2. The maximum Gasteiger partial charge on any atom is 0.253 e. The molecule has 2 fully saturated rings. The van der Waals surface area contributed by atoms with E-state index >= 15 is 0 Å². The normalized spacial score (nSPS) is 18.4. The van der Waals surface area contributed by atoms with Crippen molar-refractivity contribution in [1.82, 2.24) is 9.80 Å². The quantitative estimate of drug-likeness (QED) is 0.795. The Kier molecular flexibility index (Phi) is 4.97. The van der Waals surface area contributed by atoms with Crippen LogP contribution in [0.4, 0.5) is 0 Å². The number of carbonyl (C=O) groups is 2. The molecule has 0 aromatic heterocycles. The Morgan fingerprint density at radius 2 is 1.34 bits per heavy atom. The highest BCUT2D eigenvalue weighted by atomic mass is 16.2. The van der Waals surface area contributed by atoms with E-state index in [1.165, 1.54) is 5.56 Å². The predicted octanol–water partition coefficient (Wildman–Crippen LogP) is 4.00. The summed E-state index contributed by atoms with van der Waals surface area (Å²) >= 11 is 0. The number of rotatable bonds is 3. The van der Waals surface area contributed by atoms with Crippen LogP contribution in [0.15, 0.2) is 54.6 Å². The lowest BCUT2D eigenvalue weighted by Gasteiger charge is -2.37. The Balaban J connectivity index is 1.41. The highest BCUT2D eigenvalue weighted by molar-refractivity contribution is 5.95. The molecule has 0 atom stereocenters. The second-order valence-corrected chi connectivity index (χ2v) is 9.36. The van der Waals surface area contributed by atoms with Crippen molar-refractivity contribution in [3.05, 3.63) is 71.3 Å². The average Bonchev–Trinajstić information content (AvgIpc) is 3.55. The van der Waals surface area contributed by atoms with Crippen LogP contribution in [0.5, 0.6) is 0 Å². The van der Waals surface area contributed by atoms with Crippen molar-refractivity contribution in [2.45, 2.75) is 44.4 Å². The minimum Gasteiger partial charge on any atom is -0.338 e. The molecule has 0 radical (unpaired) electrons. The summed E-state index contributed by atoms with van der Waals surface area (Å²) in [6, 6.07) is 18.0. The molecule has 4 nitrogen and oxygen atoms in total. The lowest BCUT2D eigenvalue weighted by Crippen LogP contribution is -2.53. The molecule has 1 aliphatic carbocycles. The van der Waals surface area contributed by atoms with E-state index in [1.54, 1.807) is 0 Å². The molecule has 0 N–H and O–H groups in total. The molecule has 1 aliphatic heterocycles. The lowest BCUT2D eigenvalue weighted by atomic mass is 9.84. The van der Waals surface area contributed by atoms with Gasteiger partial charge in [0.2, 0.25) is 5.91 Å². The molecule has 2 aromatic rings. The van der Waals surface area contributed by atoms with E-state index < -0.39 is 0 Å². The third kappa shape index (κ3) is 3.81. The van der Waals surface area contributed by atoms with Crippen molar-refractivity contribution in [2.75, 3.05) is 26.2 Å². The summed E-state index contributed by atoms with van der Waals surface area (Å²) in [7, 11) is 0. The first-order chi connectivity index (χ1) is 13.8. The van der Waals surface area contributed by atoms with Crippen LogP contribution in [0, 0.1) is 0 Å². The van der Waals surface area contributed by atoms with Crippen molar-refractivity contribution < 1.29 is 9.59 Å². The average molecular weight is 391 g/mol. The van der Waals surface area contributed by atoms with E-state index in [-0.39, 0.29) is 22.6 Å². The Labute approximate surface area is 173 Å². The third-order valence-electron chi connectivity index (χ3n) is 6.34. The molecule has 4 heteroatoms. The van der Waals surface area contributed by atoms with Crippen LogP contribution in [0.1, 0.15) is 55.1 Å². The fourth-order valence-corrected chi connectivity index (χ4v) is 4.22. The second kappa shape index (κ2) is 7.33. The molecule has 0 spiro atoms. The van der Waals surface area contributed by atoms with Gasteiger partial charge in [0.25, 0.3) is 5.91 Å². The molecular formula is C25H30N2O2. The van der Waals surface area contributed by atoms with Gasteiger partial charge in [-0.15, -0.1) is 0 Å². The van der Waals surface area contributed by atoms with Crippen molar-refractivity contribution in [3.63, 3.8) is 0 Å². The van der Waals surface area contributed by atoms with E-state index in [2.05, 4.69) is 45.0 Å². The van der Waals surface area contributed by atoms with Crippen molar-refractivity contribution in [2.24, 2.45) is 0 Å². The highest BCUT2D eigenvalue weighted by Crippen LogP contribution is 2.50. The van der Waals surface area contributed by atoms with Crippen LogP contribution in [0.25, 0.3) is 0 Å². The molecule has 2 amide bonds. The number of hydrogen-bond donors (Lipinski definition) is 0. The van der Waals surface area contributed by atoms with E-state index in [1.807, 2.05) is 40.1 Å². The van der Waals surface area contributed by atoms with Gasteiger partial charge in [-0.25, -0.2) is 0 Å². The Bertz CT molecular complexity index is 885. The summed E-state index contributed by atoms with van der Waals surface area (Å²) in [5, 5.41) is 0. The van der Waals surface area contributed by atoms with Crippen LogP contribution in [0.2, 0.25) is 0 Å². The molecule has 0 bridgehead atoms.